The first-order valence-electron chi connectivity index (χ1n) is 9.72. The van der Waals surface area contributed by atoms with E-state index in [0.717, 1.165) is 16.4 Å². The molecule has 2 aromatic carbocycles. The van der Waals surface area contributed by atoms with Gasteiger partial charge in [-0.15, -0.1) is 0 Å². The Morgan fingerprint density at radius 2 is 1.91 bits per heavy atom. The Balaban J connectivity index is 1.48. The Morgan fingerprint density at radius 3 is 2.66 bits per heavy atom. The maximum Gasteiger partial charge on any atom is 0.419 e. The number of carbonyl (C=O) groups excluding carboxylic acids is 1. The van der Waals surface area contributed by atoms with Crippen molar-refractivity contribution < 1.29 is 26.8 Å². The third-order valence-electron chi connectivity index (χ3n) is 5.00. The molecular formula is C20H19ClFN3O6S. The lowest BCUT2D eigenvalue weighted by Crippen LogP contribution is -2.40. The summed E-state index contributed by atoms with van der Waals surface area (Å²) in [6.07, 6.45) is -0.0971. The molecule has 4 rings (SSSR count). The van der Waals surface area contributed by atoms with Crippen molar-refractivity contribution in [3.05, 3.63) is 57.8 Å². The van der Waals surface area contributed by atoms with Gasteiger partial charge in [-0.3, -0.25) is 9.36 Å². The number of ether oxygens (including phenoxy) is 1. The number of hydrogen-bond acceptors (Lipinski definition) is 6. The molecule has 2 heterocycles. The quantitative estimate of drug-likeness (QED) is 0.576. The van der Waals surface area contributed by atoms with Crippen molar-refractivity contribution in [1.29, 1.82) is 0 Å². The van der Waals surface area contributed by atoms with Gasteiger partial charge in [0.15, 0.2) is 5.58 Å². The minimum atomic E-state index is -4.07. The predicted molar refractivity (Wildman–Crippen MR) is 115 cm³/mol. The van der Waals surface area contributed by atoms with Crippen LogP contribution in [0.25, 0.3) is 11.1 Å². The lowest BCUT2D eigenvalue weighted by Gasteiger charge is -2.26. The van der Waals surface area contributed by atoms with Gasteiger partial charge in [0, 0.05) is 42.8 Å². The van der Waals surface area contributed by atoms with Crippen LogP contribution in [0.5, 0.6) is 0 Å². The molecular weight excluding hydrogens is 465 g/mol. The first kappa shape index (κ1) is 22.5. The second-order valence-corrected chi connectivity index (χ2v) is 9.43. The van der Waals surface area contributed by atoms with Crippen LogP contribution in [-0.4, -0.2) is 49.5 Å². The fourth-order valence-corrected chi connectivity index (χ4v) is 5.05. The summed E-state index contributed by atoms with van der Waals surface area (Å²) < 4.78 is 52.6. The molecule has 32 heavy (non-hydrogen) atoms. The first-order chi connectivity index (χ1) is 15.3. The number of hydrogen-bond donors (Lipinski definition) is 1. The lowest BCUT2D eigenvalue weighted by atomic mass is 10.3. The molecule has 1 aliphatic heterocycles. The normalized spacial score (nSPS) is 15.2. The van der Waals surface area contributed by atoms with E-state index in [1.54, 1.807) is 12.1 Å². The Morgan fingerprint density at radius 1 is 1.16 bits per heavy atom. The number of aromatic nitrogens is 1. The molecule has 1 N–H and O–H groups in total. The van der Waals surface area contributed by atoms with Gasteiger partial charge in [-0.1, -0.05) is 11.6 Å². The standard InChI is InChI=1S/C20H19ClFN3O6S/c21-13-1-4-16-17(11-13)31-20(27)25(16)6-5-19(26)23-14-2-3-15(22)18(12-14)32(28,29)24-7-9-30-10-8-24/h1-4,11-12H,5-10H2,(H,23,26). The van der Waals surface area contributed by atoms with Crippen LogP contribution in [0.2, 0.25) is 5.02 Å². The van der Waals surface area contributed by atoms with Crippen LogP contribution >= 0.6 is 11.6 Å². The van der Waals surface area contributed by atoms with Crippen LogP contribution in [0.4, 0.5) is 10.1 Å². The number of amides is 1. The maximum absolute atomic E-state index is 14.3. The number of nitrogens with one attached hydrogen (secondary N) is 1. The van der Waals surface area contributed by atoms with Crippen molar-refractivity contribution in [2.24, 2.45) is 0 Å². The molecule has 1 saturated heterocycles. The number of carbonyl (C=O) groups is 1. The summed E-state index contributed by atoms with van der Waals surface area (Å²) in [6, 6.07) is 8.06. The zero-order chi connectivity index (χ0) is 22.9. The number of oxazole rings is 1. The molecule has 0 aliphatic carbocycles. The minimum Gasteiger partial charge on any atom is -0.408 e. The summed E-state index contributed by atoms with van der Waals surface area (Å²) in [6.45, 7) is 0.727. The number of rotatable bonds is 6. The molecule has 170 valence electrons. The summed E-state index contributed by atoms with van der Waals surface area (Å²) >= 11 is 5.89. The number of benzene rings is 2. The summed E-state index contributed by atoms with van der Waals surface area (Å²) in [4.78, 5) is 23.9. The van der Waals surface area contributed by atoms with Gasteiger partial charge in [0.25, 0.3) is 0 Å². The Labute approximate surface area is 187 Å². The van der Waals surface area contributed by atoms with E-state index < -0.39 is 32.4 Å². The number of morpholine rings is 1. The highest BCUT2D eigenvalue weighted by molar-refractivity contribution is 7.89. The van der Waals surface area contributed by atoms with Crippen LogP contribution in [0, 0.1) is 5.82 Å². The molecule has 0 radical (unpaired) electrons. The van der Waals surface area contributed by atoms with E-state index >= 15 is 0 Å². The third-order valence-corrected chi connectivity index (χ3v) is 7.14. The SMILES string of the molecule is O=C(CCn1c(=O)oc2cc(Cl)ccc21)Nc1ccc(F)c(S(=O)(=O)N2CCOCC2)c1. The van der Waals surface area contributed by atoms with E-state index in [1.807, 2.05) is 0 Å². The summed E-state index contributed by atoms with van der Waals surface area (Å²) in [5, 5.41) is 2.96. The molecule has 1 aliphatic rings. The van der Waals surface area contributed by atoms with Crippen molar-refractivity contribution in [2.45, 2.75) is 17.9 Å². The molecule has 12 heteroatoms. The van der Waals surface area contributed by atoms with Crippen LogP contribution in [-0.2, 0) is 26.1 Å². The van der Waals surface area contributed by atoms with Crippen LogP contribution in [0.15, 0.2) is 50.5 Å². The number of halogens is 2. The van der Waals surface area contributed by atoms with Gasteiger partial charge in [0.1, 0.15) is 10.7 Å². The van der Waals surface area contributed by atoms with Crippen LogP contribution < -0.4 is 11.1 Å². The van der Waals surface area contributed by atoms with E-state index in [-0.39, 0.29) is 45.0 Å². The van der Waals surface area contributed by atoms with Gasteiger partial charge >= 0.3 is 5.76 Å². The number of sulfonamides is 1. The molecule has 9 nitrogen and oxygen atoms in total. The van der Waals surface area contributed by atoms with Crippen LogP contribution in [0.3, 0.4) is 0 Å². The fourth-order valence-electron chi connectivity index (χ4n) is 3.39. The summed E-state index contributed by atoms with van der Waals surface area (Å²) in [5.41, 5.74) is 0.923. The second kappa shape index (κ2) is 9.02. The molecule has 1 aromatic heterocycles. The largest absolute Gasteiger partial charge is 0.419 e. The molecule has 0 atom stereocenters. The van der Waals surface area contributed by atoms with Gasteiger partial charge in [-0.25, -0.2) is 17.6 Å². The van der Waals surface area contributed by atoms with Crippen LogP contribution in [0.1, 0.15) is 6.42 Å². The Bertz CT molecular complexity index is 1330. The zero-order valence-electron chi connectivity index (χ0n) is 16.7. The third kappa shape index (κ3) is 4.56. The number of nitrogens with zero attached hydrogens (tertiary/aromatic N) is 2. The molecule has 1 fully saturated rings. The van der Waals surface area contributed by atoms with Crippen molar-refractivity contribution >= 4 is 44.3 Å². The molecule has 3 aromatic rings. The van der Waals surface area contributed by atoms with Crippen molar-refractivity contribution in [3.63, 3.8) is 0 Å². The first-order valence-corrected chi connectivity index (χ1v) is 11.5. The molecule has 0 saturated carbocycles. The molecule has 1 amide bonds. The van der Waals surface area contributed by atoms with Gasteiger partial charge in [-0.2, -0.15) is 4.31 Å². The monoisotopic (exact) mass is 483 g/mol. The minimum absolute atomic E-state index is 0.0272. The molecule has 0 unspecified atom stereocenters. The van der Waals surface area contributed by atoms with E-state index in [0.29, 0.717) is 16.1 Å². The highest BCUT2D eigenvalue weighted by atomic mass is 35.5. The smallest absolute Gasteiger partial charge is 0.408 e. The summed E-state index contributed by atoms with van der Waals surface area (Å²) in [5.74, 6) is -2.03. The van der Waals surface area contributed by atoms with E-state index in [9.17, 15) is 22.4 Å². The topological polar surface area (TPSA) is 111 Å². The van der Waals surface area contributed by atoms with E-state index in [1.165, 1.54) is 16.7 Å². The highest BCUT2D eigenvalue weighted by Gasteiger charge is 2.29. The Hall–Kier alpha value is -2.73. The predicted octanol–water partition coefficient (Wildman–Crippen LogP) is 2.44. The van der Waals surface area contributed by atoms with Crippen molar-refractivity contribution in [1.82, 2.24) is 8.87 Å². The van der Waals surface area contributed by atoms with E-state index in [2.05, 4.69) is 5.32 Å². The number of aryl methyl sites for hydroxylation is 1. The molecule has 0 spiro atoms. The highest BCUT2D eigenvalue weighted by Crippen LogP contribution is 2.24. The van der Waals surface area contributed by atoms with Crippen molar-refractivity contribution in [2.75, 3.05) is 31.6 Å². The average Bonchev–Trinajstić information content (AvgIpc) is 3.08. The van der Waals surface area contributed by atoms with E-state index in [4.69, 9.17) is 20.8 Å². The lowest BCUT2D eigenvalue weighted by molar-refractivity contribution is -0.116. The number of anilines is 1. The van der Waals surface area contributed by atoms with Gasteiger partial charge < -0.3 is 14.5 Å². The average molecular weight is 484 g/mol. The Kier molecular flexibility index (Phi) is 6.33. The second-order valence-electron chi connectivity index (χ2n) is 7.09. The van der Waals surface area contributed by atoms with Gasteiger partial charge in [0.05, 0.1) is 18.7 Å². The zero-order valence-corrected chi connectivity index (χ0v) is 18.3. The van der Waals surface area contributed by atoms with Gasteiger partial charge in [0.2, 0.25) is 15.9 Å². The molecule has 0 bridgehead atoms. The maximum atomic E-state index is 14.3. The van der Waals surface area contributed by atoms with Crippen molar-refractivity contribution in [3.8, 4) is 0 Å². The fraction of sp³-hybridized carbons (Fsp3) is 0.300. The number of fused-ring (bicyclic) bond motifs is 1. The summed E-state index contributed by atoms with van der Waals surface area (Å²) in [7, 11) is -4.07. The van der Waals surface area contributed by atoms with Gasteiger partial charge in [-0.05, 0) is 30.3 Å².